The van der Waals surface area contributed by atoms with Crippen molar-refractivity contribution in [3.8, 4) is 0 Å². The molecule has 0 aliphatic rings. The van der Waals surface area contributed by atoms with Gasteiger partial charge in [-0.3, -0.25) is 0 Å². The number of hydrogen-bond donors (Lipinski definition) is 0. The molecule has 0 amide bonds. The third-order valence-electron chi connectivity index (χ3n) is 1.68. The number of ketones is 1. The molecule has 0 aromatic heterocycles. The van der Waals surface area contributed by atoms with E-state index in [1.165, 1.54) is 12.1 Å². The molecule has 1 unspecified atom stereocenters. The van der Waals surface area contributed by atoms with Crippen LogP contribution >= 0.6 is 10.7 Å². The zero-order chi connectivity index (χ0) is 11.5. The van der Waals surface area contributed by atoms with E-state index in [1.807, 2.05) is 0 Å². The van der Waals surface area contributed by atoms with Crippen molar-refractivity contribution >= 4 is 45.6 Å². The van der Waals surface area contributed by atoms with Gasteiger partial charge in [-0.2, -0.15) is 0 Å². The topological polar surface area (TPSA) is 51.2 Å². The van der Waals surface area contributed by atoms with Crippen molar-refractivity contribution in [2.24, 2.45) is 0 Å². The van der Waals surface area contributed by atoms with E-state index in [0.717, 1.165) is 4.35 Å². The Morgan fingerprint density at radius 2 is 1.87 bits per heavy atom. The van der Waals surface area contributed by atoms with E-state index in [1.54, 1.807) is 19.1 Å². The summed E-state index contributed by atoms with van der Waals surface area (Å²) >= 11 is -0.483. The van der Waals surface area contributed by atoms with Gasteiger partial charge in [-0.15, -0.1) is 0 Å². The Morgan fingerprint density at radius 1 is 1.33 bits per heavy atom. The van der Waals surface area contributed by atoms with Gasteiger partial charge in [0, 0.05) is 0 Å². The molecule has 3 nitrogen and oxygen atoms in total. The second-order valence-electron chi connectivity index (χ2n) is 3.02. The molecule has 0 N–H and O–H groups in total. The van der Waals surface area contributed by atoms with E-state index in [-0.39, 0.29) is 10.7 Å². The fourth-order valence-electron chi connectivity index (χ4n) is 0.962. The Kier molecular flexibility index (Phi) is 4.38. The van der Waals surface area contributed by atoms with Crippen LogP contribution in [0.4, 0.5) is 0 Å². The Balaban J connectivity index is 2.77. The summed E-state index contributed by atoms with van der Waals surface area (Å²) in [6.07, 6.45) is 0. The summed E-state index contributed by atoms with van der Waals surface area (Å²) in [6.45, 7) is 1.56. The van der Waals surface area contributed by atoms with Gasteiger partial charge >= 0.3 is 100 Å². The van der Waals surface area contributed by atoms with Gasteiger partial charge in [-0.1, -0.05) is 0 Å². The van der Waals surface area contributed by atoms with Crippen LogP contribution in [0.15, 0.2) is 29.2 Å². The van der Waals surface area contributed by atoms with Crippen LogP contribution in [0, 0.1) is 0 Å². The maximum atomic E-state index is 10.9. The normalized spacial score (nSPS) is 12.1. The van der Waals surface area contributed by atoms with Gasteiger partial charge in [0.25, 0.3) is 0 Å². The second-order valence-corrected chi connectivity index (χ2v) is 8.28. The maximum absolute atomic E-state index is 10.9. The molecule has 0 heterocycles. The van der Waals surface area contributed by atoms with E-state index in [9.17, 15) is 13.2 Å². The van der Waals surface area contributed by atoms with Crippen LogP contribution in [0.2, 0.25) is 5.21 Å². The van der Waals surface area contributed by atoms with Gasteiger partial charge in [0.2, 0.25) is 0 Å². The number of rotatable bonds is 4. The molecule has 0 saturated carbocycles. The number of carbonyl (C=O) groups excluding carboxylic acids is 1. The summed E-state index contributed by atoms with van der Waals surface area (Å²) in [5, 5.41) is 0.590. The molecular formula is C9H10AsClO3S. The molecule has 0 spiro atoms. The van der Waals surface area contributed by atoms with Crippen LogP contribution in [0.25, 0.3) is 0 Å². The number of benzene rings is 1. The van der Waals surface area contributed by atoms with Crippen molar-refractivity contribution in [1.29, 1.82) is 0 Å². The van der Waals surface area contributed by atoms with Gasteiger partial charge in [-0.05, 0) is 0 Å². The second kappa shape index (κ2) is 5.15. The fourth-order valence-corrected chi connectivity index (χ4v) is 3.53. The third kappa shape index (κ3) is 4.37. The van der Waals surface area contributed by atoms with Gasteiger partial charge in [-0.25, -0.2) is 0 Å². The summed E-state index contributed by atoms with van der Waals surface area (Å²) in [4.78, 5) is 10.9. The van der Waals surface area contributed by atoms with E-state index < -0.39 is 24.8 Å². The number of hydrogen-bond acceptors (Lipinski definition) is 3. The third-order valence-corrected chi connectivity index (χ3v) is 6.02. The number of carbonyl (C=O) groups is 1. The van der Waals surface area contributed by atoms with Gasteiger partial charge in [0.05, 0.1) is 0 Å². The molecule has 0 aliphatic carbocycles. The Hall–Kier alpha value is -0.312. The molecule has 0 saturated heterocycles. The standard InChI is InChI=1S/C9H10AsClO3S/c1-7(12)6-10-8-2-4-9(5-3-8)15(11,13)14/h2-5,10H,6H2,1H3. The Bertz CT molecular complexity index is 453. The predicted octanol–water partition coefficient (Wildman–Crippen LogP) is 0.683. The summed E-state index contributed by atoms with van der Waals surface area (Å²) in [7, 11) is 1.54. The molecule has 82 valence electrons. The first kappa shape index (κ1) is 12.8. The molecule has 1 aromatic carbocycles. The average molecular weight is 309 g/mol. The molecule has 0 aliphatic heterocycles. The quantitative estimate of drug-likeness (QED) is 0.607. The number of Topliss-reactive ketones (excluding diaryl/α,β-unsaturated/α-hetero) is 1. The minimum atomic E-state index is -3.63. The minimum absolute atomic E-state index is 0.0994. The van der Waals surface area contributed by atoms with Gasteiger partial charge in [0.15, 0.2) is 0 Å². The SMILES string of the molecule is CC(=O)C[AsH]c1ccc(S(=O)(=O)Cl)cc1. The molecule has 15 heavy (non-hydrogen) atoms. The molecule has 0 radical (unpaired) electrons. The first-order valence-electron chi connectivity index (χ1n) is 4.17. The van der Waals surface area contributed by atoms with Crippen LogP contribution < -0.4 is 4.35 Å². The summed E-state index contributed by atoms with van der Waals surface area (Å²) in [6, 6.07) is 6.39. The molecule has 1 aromatic rings. The van der Waals surface area contributed by atoms with Crippen molar-refractivity contribution in [1.82, 2.24) is 0 Å². The van der Waals surface area contributed by atoms with Crippen molar-refractivity contribution in [2.45, 2.75) is 17.0 Å². The Morgan fingerprint density at radius 3 is 2.27 bits per heavy atom. The number of halogens is 1. The fraction of sp³-hybridized carbons (Fsp3) is 0.222. The molecule has 1 rings (SSSR count). The zero-order valence-corrected chi connectivity index (χ0v) is 11.7. The van der Waals surface area contributed by atoms with Crippen LogP contribution in [0.5, 0.6) is 0 Å². The first-order chi connectivity index (χ1) is 6.89. The van der Waals surface area contributed by atoms with Gasteiger partial charge in [0.1, 0.15) is 0 Å². The van der Waals surface area contributed by atoms with Crippen molar-refractivity contribution in [3.63, 3.8) is 0 Å². The summed E-state index contributed by atoms with van der Waals surface area (Å²) < 4.78 is 22.9. The van der Waals surface area contributed by atoms with Crippen LogP contribution in [0.3, 0.4) is 0 Å². The molecule has 1 atom stereocenters. The molecule has 0 bridgehead atoms. The molecule has 0 fully saturated rings. The Labute approximate surface area is 99.9 Å². The monoisotopic (exact) mass is 308 g/mol. The van der Waals surface area contributed by atoms with E-state index in [2.05, 4.69) is 0 Å². The molecular weight excluding hydrogens is 299 g/mol. The van der Waals surface area contributed by atoms with E-state index >= 15 is 0 Å². The first-order valence-corrected chi connectivity index (χ1v) is 9.02. The average Bonchev–Trinajstić information content (AvgIpc) is 2.14. The summed E-state index contributed by atoms with van der Waals surface area (Å²) in [5.41, 5.74) is 0. The van der Waals surface area contributed by atoms with Gasteiger partial charge < -0.3 is 0 Å². The molecule has 6 heteroatoms. The van der Waals surface area contributed by atoms with E-state index in [0.29, 0.717) is 5.21 Å². The van der Waals surface area contributed by atoms with Crippen LogP contribution in [-0.4, -0.2) is 30.0 Å². The predicted molar refractivity (Wildman–Crippen MR) is 61.8 cm³/mol. The van der Waals surface area contributed by atoms with Crippen molar-refractivity contribution in [2.75, 3.05) is 0 Å². The summed E-state index contributed by atoms with van der Waals surface area (Å²) in [5.74, 6) is 0.170. The van der Waals surface area contributed by atoms with Crippen molar-refractivity contribution in [3.05, 3.63) is 24.3 Å². The van der Waals surface area contributed by atoms with E-state index in [4.69, 9.17) is 10.7 Å². The van der Waals surface area contributed by atoms with Crippen molar-refractivity contribution < 1.29 is 13.2 Å². The van der Waals surface area contributed by atoms with Crippen LogP contribution in [0.1, 0.15) is 6.92 Å². The van der Waals surface area contributed by atoms with Crippen LogP contribution in [-0.2, 0) is 13.8 Å². The zero-order valence-electron chi connectivity index (χ0n) is 8.03.